The van der Waals surface area contributed by atoms with E-state index in [0.29, 0.717) is 5.39 Å². The Morgan fingerprint density at radius 2 is 2.24 bits per heavy atom. The number of rotatable bonds is 3. The van der Waals surface area contributed by atoms with Gasteiger partial charge in [0.2, 0.25) is 5.43 Å². The zero-order valence-electron chi connectivity index (χ0n) is 12.6. The molecule has 0 radical (unpaired) electrons. The van der Waals surface area contributed by atoms with Crippen molar-refractivity contribution in [2.24, 2.45) is 0 Å². The van der Waals surface area contributed by atoms with Crippen LogP contribution in [0, 0.1) is 0 Å². The smallest absolute Gasteiger partial charge is 0.256 e. The van der Waals surface area contributed by atoms with Gasteiger partial charge in [-0.3, -0.25) is 9.59 Å². The summed E-state index contributed by atoms with van der Waals surface area (Å²) in [7, 11) is 0. The van der Waals surface area contributed by atoms with Crippen LogP contribution in [-0.2, 0) is 6.42 Å². The molecular weight excluding hydrogens is 264 g/mol. The van der Waals surface area contributed by atoms with Crippen molar-refractivity contribution in [3.8, 4) is 0 Å². The molecule has 3 rings (SSSR count). The third-order valence-corrected chi connectivity index (χ3v) is 4.36. The van der Waals surface area contributed by atoms with Crippen molar-refractivity contribution in [2.75, 3.05) is 0 Å². The minimum absolute atomic E-state index is 0.0648. The van der Waals surface area contributed by atoms with Crippen LogP contribution in [0.4, 0.5) is 0 Å². The highest BCUT2D eigenvalue weighted by molar-refractivity contribution is 5.98. The lowest BCUT2D eigenvalue weighted by atomic mass is 10.1. The topological polar surface area (TPSA) is 51.1 Å². The fourth-order valence-corrected chi connectivity index (χ4v) is 2.98. The van der Waals surface area contributed by atoms with E-state index in [1.54, 1.807) is 6.20 Å². The molecule has 110 valence electrons. The highest BCUT2D eigenvalue weighted by Gasteiger charge is 2.24. The molecule has 4 nitrogen and oxygen atoms in total. The first-order valence-electron chi connectivity index (χ1n) is 7.50. The molecule has 2 atom stereocenters. The first-order valence-corrected chi connectivity index (χ1v) is 7.50. The maximum atomic E-state index is 12.6. The van der Waals surface area contributed by atoms with Crippen molar-refractivity contribution in [3.63, 3.8) is 0 Å². The van der Waals surface area contributed by atoms with Crippen molar-refractivity contribution < 1.29 is 4.79 Å². The molecule has 1 aromatic heterocycles. The molecule has 2 heterocycles. The molecular formula is C17H20N2O2. The second-order valence-corrected chi connectivity index (χ2v) is 5.93. The van der Waals surface area contributed by atoms with Gasteiger partial charge in [0, 0.05) is 23.7 Å². The number of carbonyl (C=O) groups excluding carboxylic acids is 1. The zero-order valence-corrected chi connectivity index (χ0v) is 12.6. The van der Waals surface area contributed by atoms with Gasteiger partial charge in [0.1, 0.15) is 5.56 Å². The molecule has 4 heteroatoms. The van der Waals surface area contributed by atoms with Gasteiger partial charge in [0.05, 0.1) is 5.52 Å². The fourth-order valence-electron chi connectivity index (χ4n) is 2.98. The molecule has 1 aliphatic rings. The summed E-state index contributed by atoms with van der Waals surface area (Å²) in [5.74, 6) is -0.274. The van der Waals surface area contributed by atoms with Crippen LogP contribution in [-0.4, -0.2) is 16.5 Å². The van der Waals surface area contributed by atoms with E-state index in [1.807, 2.05) is 26.0 Å². The van der Waals surface area contributed by atoms with Crippen LogP contribution < -0.4 is 10.7 Å². The molecule has 1 amide bonds. The molecule has 0 saturated carbocycles. The molecule has 1 aromatic carbocycles. The zero-order chi connectivity index (χ0) is 15.1. The second-order valence-electron chi connectivity index (χ2n) is 5.93. The molecule has 0 aliphatic carbocycles. The lowest BCUT2D eigenvalue weighted by Gasteiger charge is -2.14. The number of hydrogen-bond donors (Lipinski definition) is 1. The number of nitrogens with one attached hydrogen (secondary N) is 1. The summed E-state index contributed by atoms with van der Waals surface area (Å²) >= 11 is 0. The van der Waals surface area contributed by atoms with Crippen molar-refractivity contribution in [2.45, 2.75) is 45.7 Å². The van der Waals surface area contributed by atoms with Crippen LogP contribution in [0.5, 0.6) is 0 Å². The van der Waals surface area contributed by atoms with Gasteiger partial charge in [-0.2, -0.15) is 0 Å². The van der Waals surface area contributed by atoms with Gasteiger partial charge >= 0.3 is 0 Å². The molecule has 0 unspecified atom stereocenters. The van der Waals surface area contributed by atoms with E-state index in [0.717, 1.165) is 18.4 Å². The summed E-state index contributed by atoms with van der Waals surface area (Å²) in [4.78, 5) is 25.0. The number of hydrogen-bond acceptors (Lipinski definition) is 2. The third kappa shape index (κ3) is 2.15. The number of para-hydroxylation sites is 1. The Bertz CT molecular complexity index is 776. The number of aromatic nitrogens is 1. The van der Waals surface area contributed by atoms with Crippen LogP contribution in [0.3, 0.4) is 0 Å². The van der Waals surface area contributed by atoms with E-state index < -0.39 is 0 Å². The van der Waals surface area contributed by atoms with E-state index >= 15 is 0 Å². The second kappa shape index (κ2) is 5.02. The number of benzene rings is 1. The normalized spacial score (nSPS) is 18.0. The molecule has 0 bridgehead atoms. The number of nitrogens with zero attached hydrogens (tertiary/aromatic N) is 1. The van der Waals surface area contributed by atoms with E-state index in [2.05, 4.69) is 22.9 Å². The lowest BCUT2D eigenvalue weighted by Crippen LogP contribution is -2.35. The summed E-state index contributed by atoms with van der Waals surface area (Å²) in [5, 5.41) is 3.53. The van der Waals surface area contributed by atoms with Gasteiger partial charge in [0.25, 0.3) is 5.91 Å². The van der Waals surface area contributed by atoms with E-state index in [9.17, 15) is 9.59 Å². The molecule has 0 spiro atoms. The Hall–Kier alpha value is -2.10. The van der Waals surface area contributed by atoms with Crippen LogP contribution in [0.1, 0.15) is 49.2 Å². The maximum Gasteiger partial charge on any atom is 0.256 e. The number of carbonyl (C=O) groups is 1. The number of pyridine rings is 1. The van der Waals surface area contributed by atoms with Crippen LogP contribution in [0.15, 0.2) is 29.2 Å². The van der Waals surface area contributed by atoms with Crippen molar-refractivity contribution in [3.05, 3.63) is 45.7 Å². The summed E-state index contributed by atoms with van der Waals surface area (Å²) in [6.07, 6.45) is 3.48. The molecule has 1 aliphatic heterocycles. The van der Waals surface area contributed by atoms with Crippen molar-refractivity contribution >= 4 is 16.8 Å². The Balaban J connectivity index is 2.17. The first-order chi connectivity index (χ1) is 10.0. The lowest BCUT2D eigenvalue weighted by molar-refractivity contribution is 0.0937. The average Bonchev–Trinajstić information content (AvgIpc) is 2.79. The maximum absolute atomic E-state index is 12.6. The van der Waals surface area contributed by atoms with Crippen molar-refractivity contribution in [1.82, 2.24) is 9.88 Å². The minimum atomic E-state index is -0.274. The van der Waals surface area contributed by atoms with Crippen LogP contribution >= 0.6 is 0 Å². The highest BCUT2D eigenvalue weighted by Crippen LogP contribution is 2.30. The summed E-state index contributed by atoms with van der Waals surface area (Å²) in [5.41, 5.74) is 2.24. The molecule has 21 heavy (non-hydrogen) atoms. The van der Waals surface area contributed by atoms with Gasteiger partial charge in [-0.1, -0.05) is 19.1 Å². The van der Waals surface area contributed by atoms with Gasteiger partial charge in [-0.05, 0) is 38.3 Å². The van der Waals surface area contributed by atoms with E-state index in [4.69, 9.17) is 0 Å². The van der Waals surface area contributed by atoms with Gasteiger partial charge < -0.3 is 9.88 Å². The number of amides is 1. The Labute approximate surface area is 123 Å². The predicted molar refractivity (Wildman–Crippen MR) is 83.8 cm³/mol. The van der Waals surface area contributed by atoms with E-state index in [1.165, 1.54) is 5.56 Å². The Kier molecular flexibility index (Phi) is 3.32. The van der Waals surface area contributed by atoms with Crippen LogP contribution in [0.25, 0.3) is 10.9 Å². The standard InChI is InChI=1S/C17H20N2O2/c1-4-10(2)18-17(21)14-9-19-11(3)8-12-6-5-7-13(15(12)19)16(14)20/h5-7,9-11H,4,8H2,1-3H3,(H,18,21)/t10-,11+/m0/s1. The third-order valence-electron chi connectivity index (χ3n) is 4.36. The fraction of sp³-hybridized carbons (Fsp3) is 0.412. The Morgan fingerprint density at radius 3 is 2.95 bits per heavy atom. The summed E-state index contributed by atoms with van der Waals surface area (Å²) < 4.78 is 2.07. The molecule has 2 aromatic rings. The summed E-state index contributed by atoms with van der Waals surface area (Å²) in [6.45, 7) is 6.06. The largest absolute Gasteiger partial charge is 0.349 e. The summed E-state index contributed by atoms with van der Waals surface area (Å²) in [6, 6.07) is 6.12. The van der Waals surface area contributed by atoms with E-state index in [-0.39, 0.29) is 29.0 Å². The van der Waals surface area contributed by atoms with Crippen LogP contribution in [0.2, 0.25) is 0 Å². The SMILES string of the molecule is CC[C@H](C)NC(=O)c1cn2c3c(cccc3c1=O)C[C@H]2C. The molecule has 0 fully saturated rings. The molecule has 0 saturated heterocycles. The van der Waals surface area contributed by atoms with Gasteiger partial charge in [-0.25, -0.2) is 0 Å². The average molecular weight is 284 g/mol. The van der Waals surface area contributed by atoms with Gasteiger partial charge in [0.15, 0.2) is 0 Å². The monoisotopic (exact) mass is 284 g/mol. The highest BCUT2D eigenvalue weighted by atomic mass is 16.2. The Morgan fingerprint density at radius 1 is 1.48 bits per heavy atom. The quantitative estimate of drug-likeness (QED) is 0.942. The first kappa shape index (κ1) is 13.9. The van der Waals surface area contributed by atoms with Crippen molar-refractivity contribution in [1.29, 1.82) is 0 Å². The minimum Gasteiger partial charge on any atom is -0.349 e. The molecule has 1 N–H and O–H groups in total. The predicted octanol–water partition coefficient (Wildman–Crippen LogP) is 2.65. The van der Waals surface area contributed by atoms with Gasteiger partial charge in [-0.15, -0.1) is 0 Å².